The van der Waals surface area contributed by atoms with E-state index in [2.05, 4.69) is 93.7 Å². The number of unbranched alkanes of at least 4 members (excludes halogenated alkanes) is 34. The van der Waals surface area contributed by atoms with Crippen molar-refractivity contribution in [1.29, 1.82) is 0 Å². The van der Waals surface area contributed by atoms with E-state index < -0.39 is 6.10 Å². The van der Waals surface area contributed by atoms with Crippen molar-refractivity contribution in [3.05, 3.63) is 72.9 Å². The van der Waals surface area contributed by atoms with Crippen molar-refractivity contribution in [2.45, 2.75) is 322 Å². The van der Waals surface area contributed by atoms with Crippen molar-refractivity contribution in [3.63, 3.8) is 0 Å². The van der Waals surface area contributed by atoms with E-state index in [1.807, 2.05) is 0 Å². The first kappa shape index (κ1) is 69.8. The van der Waals surface area contributed by atoms with E-state index in [9.17, 15) is 14.4 Å². The summed E-state index contributed by atoms with van der Waals surface area (Å²) < 4.78 is 16.8. The highest BCUT2D eigenvalue weighted by Gasteiger charge is 2.19. The lowest BCUT2D eigenvalue weighted by atomic mass is 10.0. The van der Waals surface area contributed by atoms with E-state index in [-0.39, 0.29) is 31.1 Å². The molecule has 1 atom stereocenters. The van der Waals surface area contributed by atoms with Crippen molar-refractivity contribution in [3.8, 4) is 0 Å². The lowest BCUT2D eigenvalue weighted by Crippen LogP contribution is -2.30. The van der Waals surface area contributed by atoms with Crippen LogP contribution in [-0.2, 0) is 28.6 Å². The molecule has 0 spiro atoms. The molecule has 0 aromatic heterocycles. The first-order valence-electron chi connectivity index (χ1n) is 31.4. The first-order chi connectivity index (χ1) is 36.0. The molecule has 6 nitrogen and oxygen atoms in total. The molecule has 1 unspecified atom stereocenters. The maximum absolute atomic E-state index is 12.8. The van der Waals surface area contributed by atoms with Crippen LogP contribution in [0.5, 0.6) is 0 Å². The summed E-state index contributed by atoms with van der Waals surface area (Å²) in [5.41, 5.74) is 0. The Bertz CT molecular complexity index is 1360. The largest absolute Gasteiger partial charge is 0.462 e. The fourth-order valence-electron chi connectivity index (χ4n) is 9.00. The Hall–Kier alpha value is -3.15. The molecule has 422 valence electrons. The molecule has 0 aromatic carbocycles. The zero-order valence-electron chi connectivity index (χ0n) is 48.4. The molecule has 0 amide bonds. The molecule has 0 saturated carbocycles. The highest BCUT2D eigenvalue weighted by Crippen LogP contribution is 2.17. The fraction of sp³-hybridized carbons (Fsp3) is 0.776. The maximum atomic E-state index is 12.8. The van der Waals surface area contributed by atoms with Crippen LogP contribution in [0.1, 0.15) is 316 Å². The predicted molar refractivity (Wildman–Crippen MR) is 316 cm³/mol. The van der Waals surface area contributed by atoms with Gasteiger partial charge in [-0.05, 0) is 89.9 Å². The van der Waals surface area contributed by atoms with Crippen LogP contribution in [0, 0.1) is 0 Å². The zero-order valence-corrected chi connectivity index (χ0v) is 48.4. The zero-order chi connectivity index (χ0) is 52.9. The molecular formula is C67H118O6. The van der Waals surface area contributed by atoms with Crippen LogP contribution < -0.4 is 0 Å². The lowest BCUT2D eigenvalue weighted by Gasteiger charge is -2.18. The van der Waals surface area contributed by atoms with Crippen LogP contribution in [0.15, 0.2) is 72.9 Å². The number of allylic oxidation sites excluding steroid dienone is 12. The third-order valence-corrected chi connectivity index (χ3v) is 13.7. The summed E-state index contributed by atoms with van der Waals surface area (Å²) in [6.07, 6.45) is 79.5. The number of carbonyl (C=O) groups is 3. The van der Waals surface area contributed by atoms with Crippen LogP contribution in [0.2, 0.25) is 0 Å². The number of hydrogen-bond donors (Lipinski definition) is 0. The molecule has 0 saturated heterocycles. The SMILES string of the molecule is CC/C=C\C/C=C\C/C=C\C/C=C\CCCCCCCCCCCCCCCCCCCCCCC(=O)OCC(COC(=O)CCCCCCCCC)OC(=O)CCCCCCC/C=C\C/C=C\CCCCC. The Morgan fingerprint density at radius 2 is 0.534 bits per heavy atom. The van der Waals surface area contributed by atoms with Gasteiger partial charge in [0.05, 0.1) is 0 Å². The molecule has 0 fully saturated rings. The first-order valence-corrected chi connectivity index (χ1v) is 31.4. The third kappa shape index (κ3) is 59.6. The van der Waals surface area contributed by atoms with Gasteiger partial charge in [-0.3, -0.25) is 14.4 Å². The average Bonchev–Trinajstić information content (AvgIpc) is 3.39. The van der Waals surface area contributed by atoms with E-state index >= 15 is 0 Å². The van der Waals surface area contributed by atoms with Gasteiger partial charge < -0.3 is 14.2 Å². The van der Waals surface area contributed by atoms with Gasteiger partial charge in [-0.2, -0.15) is 0 Å². The fourth-order valence-corrected chi connectivity index (χ4v) is 9.00. The Kier molecular flexibility index (Phi) is 58.7. The number of rotatable bonds is 57. The predicted octanol–water partition coefficient (Wildman–Crippen LogP) is 21.3. The Morgan fingerprint density at radius 1 is 0.288 bits per heavy atom. The van der Waals surface area contributed by atoms with E-state index in [4.69, 9.17) is 14.2 Å². The average molecular weight is 1020 g/mol. The van der Waals surface area contributed by atoms with Crippen LogP contribution in [0.25, 0.3) is 0 Å². The van der Waals surface area contributed by atoms with E-state index in [0.29, 0.717) is 19.3 Å². The summed E-state index contributed by atoms with van der Waals surface area (Å²) in [5, 5.41) is 0. The second-order valence-corrected chi connectivity index (χ2v) is 20.9. The number of ether oxygens (including phenoxy) is 3. The van der Waals surface area contributed by atoms with E-state index in [0.717, 1.165) is 109 Å². The van der Waals surface area contributed by atoms with Gasteiger partial charge in [0.1, 0.15) is 13.2 Å². The van der Waals surface area contributed by atoms with Crippen LogP contribution >= 0.6 is 0 Å². The van der Waals surface area contributed by atoms with E-state index in [1.54, 1.807) is 0 Å². The van der Waals surface area contributed by atoms with Crippen molar-refractivity contribution < 1.29 is 28.6 Å². The van der Waals surface area contributed by atoms with Crippen LogP contribution in [0.4, 0.5) is 0 Å². The summed E-state index contributed by atoms with van der Waals surface area (Å²) in [4.78, 5) is 38.0. The summed E-state index contributed by atoms with van der Waals surface area (Å²) in [7, 11) is 0. The van der Waals surface area contributed by atoms with Crippen LogP contribution in [0.3, 0.4) is 0 Å². The quantitative estimate of drug-likeness (QED) is 0.0261. The maximum Gasteiger partial charge on any atom is 0.306 e. The van der Waals surface area contributed by atoms with Gasteiger partial charge in [0, 0.05) is 19.3 Å². The summed E-state index contributed by atoms with van der Waals surface area (Å²) in [6, 6.07) is 0. The van der Waals surface area contributed by atoms with Gasteiger partial charge in [-0.15, -0.1) is 0 Å². The second kappa shape index (κ2) is 61.4. The van der Waals surface area contributed by atoms with Crippen LogP contribution in [-0.4, -0.2) is 37.2 Å². The molecule has 0 rings (SSSR count). The lowest BCUT2D eigenvalue weighted by molar-refractivity contribution is -0.167. The van der Waals surface area contributed by atoms with Gasteiger partial charge in [0.2, 0.25) is 0 Å². The van der Waals surface area contributed by atoms with Crippen molar-refractivity contribution in [2.75, 3.05) is 13.2 Å². The molecular weight excluding hydrogens is 901 g/mol. The minimum Gasteiger partial charge on any atom is -0.462 e. The Morgan fingerprint density at radius 3 is 0.863 bits per heavy atom. The summed E-state index contributed by atoms with van der Waals surface area (Å²) >= 11 is 0. The third-order valence-electron chi connectivity index (χ3n) is 13.7. The monoisotopic (exact) mass is 1020 g/mol. The smallest absolute Gasteiger partial charge is 0.306 e. The molecule has 6 heteroatoms. The Balaban J connectivity index is 3.99. The van der Waals surface area contributed by atoms with Gasteiger partial charge in [-0.1, -0.05) is 280 Å². The second-order valence-electron chi connectivity index (χ2n) is 20.9. The highest BCUT2D eigenvalue weighted by molar-refractivity contribution is 5.71. The molecule has 0 aliphatic rings. The molecule has 0 aliphatic heterocycles. The molecule has 0 radical (unpaired) electrons. The number of esters is 3. The van der Waals surface area contributed by atoms with Crippen molar-refractivity contribution in [2.24, 2.45) is 0 Å². The van der Waals surface area contributed by atoms with Gasteiger partial charge in [0.15, 0.2) is 6.10 Å². The van der Waals surface area contributed by atoms with Gasteiger partial charge >= 0.3 is 17.9 Å². The minimum absolute atomic E-state index is 0.0766. The number of hydrogen-bond acceptors (Lipinski definition) is 6. The standard InChI is InChI=1S/C67H118O6/c1-4-7-10-13-16-18-20-22-24-25-26-27-28-29-30-31-32-33-34-35-36-37-38-39-40-41-43-44-46-48-51-54-57-60-66(69)72-63-64(62-71-65(68)59-56-53-50-15-12-9-6-3)73-67(70)61-58-55-52-49-47-45-42-23-21-19-17-14-11-8-5-2/h7,10,16-19,22-24,26-27,42,64H,4-6,8-9,11-15,20-21,25,28-41,43-63H2,1-3H3/b10-7-,18-16-,19-17-,24-22-,27-26-,42-23-. The molecule has 0 aliphatic carbocycles. The molecule has 0 bridgehead atoms. The molecule has 0 heterocycles. The summed E-state index contributed by atoms with van der Waals surface area (Å²) in [5.74, 6) is -0.885. The normalized spacial score (nSPS) is 12.5. The Labute approximate surface area is 453 Å². The highest BCUT2D eigenvalue weighted by atomic mass is 16.6. The minimum atomic E-state index is -0.777. The van der Waals surface area contributed by atoms with Gasteiger partial charge in [-0.25, -0.2) is 0 Å². The van der Waals surface area contributed by atoms with E-state index in [1.165, 1.54) is 167 Å². The molecule has 0 aromatic rings. The summed E-state index contributed by atoms with van der Waals surface area (Å²) in [6.45, 7) is 6.47. The molecule has 73 heavy (non-hydrogen) atoms. The van der Waals surface area contributed by atoms with Gasteiger partial charge in [0.25, 0.3) is 0 Å². The molecule has 0 N–H and O–H groups in total. The van der Waals surface area contributed by atoms with Crippen molar-refractivity contribution >= 4 is 17.9 Å². The number of carbonyl (C=O) groups excluding carboxylic acids is 3. The topological polar surface area (TPSA) is 78.9 Å². The van der Waals surface area contributed by atoms with Crippen molar-refractivity contribution in [1.82, 2.24) is 0 Å².